The molecule has 0 saturated carbocycles. The van der Waals surface area contributed by atoms with E-state index < -0.39 is 20.6 Å². The Morgan fingerprint density at radius 3 is 2.32 bits per heavy atom. The van der Waals surface area contributed by atoms with Crippen LogP contribution in [0.4, 0.5) is 0 Å². The highest BCUT2D eigenvalue weighted by Crippen LogP contribution is 2.37. The van der Waals surface area contributed by atoms with E-state index in [-0.39, 0.29) is 6.42 Å². The van der Waals surface area contributed by atoms with E-state index in [9.17, 15) is 13.2 Å². The van der Waals surface area contributed by atoms with Crippen LogP contribution >= 0.6 is 0 Å². The van der Waals surface area contributed by atoms with Crippen molar-refractivity contribution in [3.05, 3.63) is 90.1 Å². The molecule has 0 unspecified atom stereocenters. The van der Waals surface area contributed by atoms with E-state index in [4.69, 9.17) is 5.11 Å². The summed E-state index contributed by atoms with van der Waals surface area (Å²) in [6, 6.07) is 23.4. The van der Waals surface area contributed by atoms with E-state index in [2.05, 4.69) is 11.1 Å². The van der Waals surface area contributed by atoms with Gasteiger partial charge >= 0.3 is 5.97 Å². The number of carbonyl (C=O) groups is 1. The Morgan fingerprint density at radius 2 is 1.62 bits per heavy atom. The second-order valence-electron chi connectivity index (χ2n) is 9.01. The van der Waals surface area contributed by atoms with Gasteiger partial charge in [0, 0.05) is 29.8 Å². The van der Waals surface area contributed by atoms with Crippen molar-refractivity contribution in [2.75, 3.05) is 6.26 Å². The quantitative estimate of drug-likeness (QED) is 0.363. The minimum absolute atomic E-state index is 0.0634. The van der Waals surface area contributed by atoms with Crippen molar-refractivity contribution in [2.24, 2.45) is 0 Å². The zero-order valence-corrected chi connectivity index (χ0v) is 20.3. The molecule has 1 aromatic heterocycles. The Hall–Kier alpha value is -3.51. The van der Waals surface area contributed by atoms with E-state index in [1.807, 2.05) is 66.7 Å². The van der Waals surface area contributed by atoms with Crippen LogP contribution in [0.5, 0.6) is 0 Å². The molecule has 34 heavy (non-hydrogen) atoms. The number of aryl methyl sites for hydroxylation is 1. The molecule has 3 aromatic carbocycles. The van der Waals surface area contributed by atoms with Gasteiger partial charge in [0.05, 0.1) is 10.3 Å². The first-order chi connectivity index (χ1) is 16.1. The average Bonchev–Trinajstić information content (AvgIpc) is 2.81. The standard InChI is InChI=1S/C28H27NO4S/c1-28(2,34(3,32)33)23-17-22-11-7-15-29-27(22)25(18-23)21-10-6-9-20(16-21)24-12-5-4-8-19(24)13-14-26(30)31/h4-12,15-18H,13-14H2,1-3H3,(H,30,31). The maximum atomic E-state index is 12.6. The second kappa shape index (κ2) is 9.03. The first-order valence-corrected chi connectivity index (χ1v) is 13.0. The van der Waals surface area contributed by atoms with Crippen molar-refractivity contribution in [2.45, 2.75) is 31.4 Å². The molecule has 1 N–H and O–H groups in total. The summed E-state index contributed by atoms with van der Waals surface area (Å²) in [4.78, 5) is 15.7. The first-order valence-electron chi connectivity index (χ1n) is 11.1. The number of carboxylic acids is 1. The lowest BCUT2D eigenvalue weighted by atomic mass is 9.91. The van der Waals surface area contributed by atoms with E-state index in [1.54, 1.807) is 20.0 Å². The predicted octanol–water partition coefficient (Wildman–Crippen LogP) is 5.87. The zero-order chi connectivity index (χ0) is 24.5. The molecule has 0 atom stereocenters. The van der Waals surface area contributed by atoms with Gasteiger partial charge in [-0.05, 0) is 72.4 Å². The fourth-order valence-electron chi connectivity index (χ4n) is 4.09. The SMILES string of the molecule is CC(C)(c1cc(-c2cccc(-c3ccccc3CCC(=O)O)c2)c2ncccc2c1)S(C)(=O)=O. The largest absolute Gasteiger partial charge is 0.481 e. The lowest BCUT2D eigenvalue weighted by molar-refractivity contribution is -0.136. The summed E-state index contributed by atoms with van der Waals surface area (Å²) in [6.07, 6.45) is 3.50. The zero-order valence-electron chi connectivity index (χ0n) is 19.4. The maximum Gasteiger partial charge on any atom is 0.303 e. The lowest BCUT2D eigenvalue weighted by Crippen LogP contribution is -2.28. The predicted molar refractivity (Wildman–Crippen MR) is 136 cm³/mol. The molecule has 0 amide bonds. The first kappa shape index (κ1) is 23.6. The summed E-state index contributed by atoms with van der Waals surface area (Å²) in [5.74, 6) is -0.827. The monoisotopic (exact) mass is 473 g/mol. The summed E-state index contributed by atoms with van der Waals surface area (Å²) in [6.45, 7) is 3.44. The van der Waals surface area contributed by atoms with Gasteiger partial charge in [-0.1, -0.05) is 48.5 Å². The number of carboxylic acid groups (broad SMARTS) is 1. The highest BCUT2D eigenvalue weighted by Gasteiger charge is 2.33. The van der Waals surface area contributed by atoms with E-state index in [0.717, 1.165) is 38.7 Å². The number of aromatic nitrogens is 1. The van der Waals surface area contributed by atoms with Crippen LogP contribution in [0.15, 0.2) is 79.0 Å². The number of benzene rings is 3. The summed E-state index contributed by atoms with van der Waals surface area (Å²) >= 11 is 0. The minimum Gasteiger partial charge on any atom is -0.481 e. The summed E-state index contributed by atoms with van der Waals surface area (Å²) in [7, 11) is -3.36. The number of fused-ring (bicyclic) bond motifs is 1. The Labute approximate surface area is 200 Å². The fraction of sp³-hybridized carbons (Fsp3) is 0.214. The molecule has 0 radical (unpaired) electrons. The van der Waals surface area contributed by atoms with Crippen molar-refractivity contribution < 1.29 is 18.3 Å². The molecular formula is C28H27NO4S. The van der Waals surface area contributed by atoms with Crippen LogP contribution in [0.25, 0.3) is 33.2 Å². The van der Waals surface area contributed by atoms with Crippen molar-refractivity contribution in [1.29, 1.82) is 0 Å². The summed E-state index contributed by atoms with van der Waals surface area (Å²) in [5, 5.41) is 10.0. The second-order valence-corrected chi connectivity index (χ2v) is 11.6. The number of hydrogen-bond donors (Lipinski definition) is 1. The number of rotatable bonds is 7. The van der Waals surface area contributed by atoms with Crippen molar-refractivity contribution in [1.82, 2.24) is 4.98 Å². The molecule has 0 fully saturated rings. The molecule has 4 aromatic rings. The van der Waals surface area contributed by atoms with Crippen molar-refractivity contribution >= 4 is 26.7 Å². The third kappa shape index (κ3) is 4.59. The van der Waals surface area contributed by atoms with Crippen molar-refractivity contribution in [3.63, 3.8) is 0 Å². The van der Waals surface area contributed by atoms with E-state index in [0.29, 0.717) is 12.0 Å². The Balaban J connectivity index is 1.89. The van der Waals surface area contributed by atoms with Crippen LogP contribution in [-0.4, -0.2) is 30.7 Å². The third-order valence-electron chi connectivity index (χ3n) is 6.44. The summed E-state index contributed by atoms with van der Waals surface area (Å²) in [5.41, 5.74) is 6.20. The maximum absolute atomic E-state index is 12.6. The third-order valence-corrected chi connectivity index (χ3v) is 8.53. The smallest absolute Gasteiger partial charge is 0.303 e. The van der Waals surface area contributed by atoms with Gasteiger partial charge in [0.25, 0.3) is 0 Å². The Kier molecular flexibility index (Phi) is 6.28. The normalized spacial score (nSPS) is 12.1. The van der Waals surface area contributed by atoms with E-state index in [1.165, 1.54) is 6.26 Å². The fourth-order valence-corrected chi connectivity index (χ4v) is 4.64. The lowest BCUT2D eigenvalue weighted by Gasteiger charge is -2.24. The van der Waals surface area contributed by atoms with Crippen LogP contribution < -0.4 is 0 Å². The molecule has 0 saturated heterocycles. The van der Waals surface area contributed by atoms with E-state index >= 15 is 0 Å². The van der Waals surface area contributed by atoms with Crippen LogP contribution in [0.1, 0.15) is 31.4 Å². The van der Waals surface area contributed by atoms with Gasteiger partial charge in [-0.25, -0.2) is 8.42 Å². The van der Waals surface area contributed by atoms with Crippen LogP contribution in [0, 0.1) is 0 Å². The van der Waals surface area contributed by atoms with Gasteiger partial charge in [-0.15, -0.1) is 0 Å². The molecule has 4 rings (SSSR count). The molecule has 0 bridgehead atoms. The number of sulfone groups is 1. The molecule has 0 aliphatic carbocycles. The van der Waals surface area contributed by atoms with Crippen LogP contribution in [0.3, 0.4) is 0 Å². The Morgan fingerprint density at radius 1 is 0.912 bits per heavy atom. The van der Waals surface area contributed by atoms with Crippen LogP contribution in [-0.2, 0) is 25.8 Å². The molecule has 0 spiro atoms. The number of hydrogen-bond acceptors (Lipinski definition) is 4. The number of pyridine rings is 1. The number of aliphatic carboxylic acids is 1. The molecule has 1 heterocycles. The van der Waals surface area contributed by atoms with Gasteiger partial charge in [-0.2, -0.15) is 0 Å². The highest BCUT2D eigenvalue weighted by atomic mass is 32.2. The Bertz CT molecular complexity index is 1490. The number of nitrogens with zero attached hydrogens (tertiary/aromatic N) is 1. The van der Waals surface area contributed by atoms with Gasteiger partial charge in [0.2, 0.25) is 0 Å². The van der Waals surface area contributed by atoms with Gasteiger partial charge in [-0.3, -0.25) is 9.78 Å². The molecule has 0 aliphatic heterocycles. The van der Waals surface area contributed by atoms with Gasteiger partial charge < -0.3 is 5.11 Å². The van der Waals surface area contributed by atoms with Gasteiger partial charge in [0.15, 0.2) is 9.84 Å². The molecule has 5 nitrogen and oxygen atoms in total. The topological polar surface area (TPSA) is 84.3 Å². The van der Waals surface area contributed by atoms with Gasteiger partial charge in [0.1, 0.15) is 0 Å². The highest BCUT2D eigenvalue weighted by molar-refractivity contribution is 7.91. The minimum atomic E-state index is -3.36. The molecule has 6 heteroatoms. The average molecular weight is 474 g/mol. The molecular weight excluding hydrogens is 446 g/mol. The summed E-state index contributed by atoms with van der Waals surface area (Å²) < 4.78 is 24.1. The molecule has 174 valence electrons. The molecule has 0 aliphatic rings. The van der Waals surface area contributed by atoms with Crippen molar-refractivity contribution in [3.8, 4) is 22.3 Å². The van der Waals surface area contributed by atoms with Crippen LogP contribution in [0.2, 0.25) is 0 Å².